The first-order valence-electron chi connectivity index (χ1n) is 6.54. The van der Waals surface area contributed by atoms with E-state index in [0.717, 1.165) is 12.8 Å². The van der Waals surface area contributed by atoms with Gasteiger partial charge in [-0.15, -0.1) is 0 Å². The molecule has 1 fully saturated rings. The molecule has 0 spiro atoms. The SMILES string of the molecule is O=[N+]([O-])c1ccc2oc(NC3CCCCC3)nc2c1. The number of nitrogens with zero attached hydrogens (tertiary/aromatic N) is 2. The van der Waals surface area contributed by atoms with Crippen molar-refractivity contribution in [3.05, 3.63) is 28.3 Å². The van der Waals surface area contributed by atoms with Gasteiger partial charge < -0.3 is 9.73 Å². The number of rotatable bonds is 3. The zero-order chi connectivity index (χ0) is 13.2. The average Bonchev–Trinajstić information content (AvgIpc) is 2.80. The van der Waals surface area contributed by atoms with Gasteiger partial charge >= 0.3 is 0 Å². The van der Waals surface area contributed by atoms with Crippen LogP contribution in [0.15, 0.2) is 22.6 Å². The van der Waals surface area contributed by atoms with E-state index in [9.17, 15) is 10.1 Å². The van der Waals surface area contributed by atoms with Crippen molar-refractivity contribution in [1.29, 1.82) is 0 Å². The van der Waals surface area contributed by atoms with E-state index in [4.69, 9.17) is 4.42 Å². The Morgan fingerprint density at radius 2 is 2.11 bits per heavy atom. The first-order valence-corrected chi connectivity index (χ1v) is 6.54. The van der Waals surface area contributed by atoms with E-state index in [0.29, 0.717) is 23.2 Å². The highest BCUT2D eigenvalue weighted by atomic mass is 16.6. The Hall–Kier alpha value is -2.11. The summed E-state index contributed by atoms with van der Waals surface area (Å²) < 4.78 is 5.56. The summed E-state index contributed by atoms with van der Waals surface area (Å²) in [5.41, 5.74) is 1.13. The van der Waals surface area contributed by atoms with Gasteiger partial charge in [0, 0.05) is 18.2 Å². The molecule has 2 aromatic rings. The van der Waals surface area contributed by atoms with E-state index in [1.807, 2.05) is 0 Å². The molecule has 0 radical (unpaired) electrons. The minimum absolute atomic E-state index is 0.0324. The average molecular weight is 261 g/mol. The minimum Gasteiger partial charge on any atom is -0.424 e. The van der Waals surface area contributed by atoms with E-state index < -0.39 is 4.92 Å². The molecule has 1 saturated carbocycles. The van der Waals surface area contributed by atoms with Crippen molar-refractivity contribution in [3.63, 3.8) is 0 Å². The second-order valence-electron chi connectivity index (χ2n) is 4.91. The van der Waals surface area contributed by atoms with Gasteiger partial charge in [-0.1, -0.05) is 19.3 Å². The summed E-state index contributed by atoms with van der Waals surface area (Å²) in [6, 6.07) is 5.31. The number of hydrogen-bond donors (Lipinski definition) is 1. The van der Waals surface area contributed by atoms with E-state index in [1.165, 1.54) is 31.4 Å². The fraction of sp³-hybridized carbons (Fsp3) is 0.462. The molecule has 0 aliphatic heterocycles. The van der Waals surface area contributed by atoms with Gasteiger partial charge in [-0.3, -0.25) is 10.1 Å². The third-order valence-corrected chi connectivity index (χ3v) is 3.51. The Labute approximate surface area is 110 Å². The van der Waals surface area contributed by atoms with Gasteiger partial charge in [0.15, 0.2) is 5.58 Å². The van der Waals surface area contributed by atoms with E-state index in [2.05, 4.69) is 10.3 Å². The number of fused-ring (bicyclic) bond motifs is 1. The lowest BCUT2D eigenvalue weighted by Crippen LogP contribution is -2.22. The Morgan fingerprint density at radius 3 is 2.84 bits per heavy atom. The second kappa shape index (κ2) is 4.87. The predicted octanol–water partition coefficient (Wildman–Crippen LogP) is 3.48. The van der Waals surface area contributed by atoms with Crippen molar-refractivity contribution in [3.8, 4) is 0 Å². The molecule has 1 aromatic heterocycles. The van der Waals surface area contributed by atoms with Gasteiger partial charge in [-0.2, -0.15) is 4.98 Å². The number of non-ortho nitro benzene ring substituents is 1. The van der Waals surface area contributed by atoms with Crippen LogP contribution in [-0.4, -0.2) is 15.9 Å². The summed E-state index contributed by atoms with van der Waals surface area (Å²) in [5, 5.41) is 14.0. The molecule has 0 unspecified atom stereocenters. The quantitative estimate of drug-likeness (QED) is 0.675. The van der Waals surface area contributed by atoms with Gasteiger partial charge in [0.1, 0.15) is 5.52 Å². The third kappa shape index (κ3) is 2.52. The van der Waals surface area contributed by atoms with Crippen molar-refractivity contribution in [1.82, 2.24) is 4.98 Å². The number of hydrogen-bond acceptors (Lipinski definition) is 5. The molecule has 19 heavy (non-hydrogen) atoms. The highest BCUT2D eigenvalue weighted by molar-refractivity contribution is 5.77. The highest BCUT2D eigenvalue weighted by Gasteiger charge is 2.16. The number of nitro benzene ring substituents is 1. The van der Waals surface area contributed by atoms with Crippen LogP contribution in [0.25, 0.3) is 11.1 Å². The summed E-state index contributed by atoms with van der Waals surface area (Å²) >= 11 is 0. The Balaban J connectivity index is 1.82. The van der Waals surface area contributed by atoms with Gasteiger partial charge in [0.2, 0.25) is 0 Å². The predicted molar refractivity (Wildman–Crippen MR) is 71.2 cm³/mol. The molecule has 0 amide bonds. The second-order valence-corrected chi connectivity index (χ2v) is 4.91. The fourth-order valence-corrected chi connectivity index (χ4v) is 2.51. The van der Waals surface area contributed by atoms with Crippen LogP contribution in [0, 0.1) is 10.1 Å². The number of anilines is 1. The smallest absolute Gasteiger partial charge is 0.295 e. The molecule has 1 aliphatic carbocycles. The molecule has 1 N–H and O–H groups in total. The fourth-order valence-electron chi connectivity index (χ4n) is 2.51. The summed E-state index contributed by atoms with van der Waals surface area (Å²) in [6.45, 7) is 0. The maximum atomic E-state index is 10.7. The monoisotopic (exact) mass is 261 g/mol. The third-order valence-electron chi connectivity index (χ3n) is 3.51. The number of aromatic nitrogens is 1. The number of nitro groups is 1. The maximum Gasteiger partial charge on any atom is 0.295 e. The van der Waals surface area contributed by atoms with Crippen LogP contribution in [0.2, 0.25) is 0 Å². The molecule has 6 nitrogen and oxygen atoms in total. The molecule has 6 heteroatoms. The number of benzene rings is 1. The molecule has 0 bridgehead atoms. The zero-order valence-corrected chi connectivity index (χ0v) is 10.5. The van der Waals surface area contributed by atoms with Gasteiger partial charge in [-0.25, -0.2) is 0 Å². The summed E-state index contributed by atoms with van der Waals surface area (Å²) in [4.78, 5) is 14.5. The molecule has 3 rings (SSSR count). The van der Waals surface area contributed by atoms with Crippen molar-refractivity contribution in [2.45, 2.75) is 38.1 Å². The van der Waals surface area contributed by atoms with Gasteiger partial charge in [0.25, 0.3) is 11.7 Å². The maximum absolute atomic E-state index is 10.7. The molecule has 100 valence electrons. The van der Waals surface area contributed by atoms with Crippen LogP contribution in [0.3, 0.4) is 0 Å². The van der Waals surface area contributed by atoms with Crippen molar-refractivity contribution in [2.24, 2.45) is 0 Å². The van der Waals surface area contributed by atoms with Gasteiger partial charge in [0.05, 0.1) is 4.92 Å². The lowest BCUT2D eigenvalue weighted by atomic mass is 9.96. The standard InChI is InChI=1S/C13H15N3O3/c17-16(18)10-6-7-12-11(8-10)15-13(19-12)14-9-4-2-1-3-5-9/h6-9H,1-5H2,(H,14,15). The van der Waals surface area contributed by atoms with Gasteiger partial charge in [-0.05, 0) is 18.9 Å². The normalized spacial score (nSPS) is 16.6. The van der Waals surface area contributed by atoms with Crippen LogP contribution in [0.1, 0.15) is 32.1 Å². The Morgan fingerprint density at radius 1 is 1.32 bits per heavy atom. The van der Waals surface area contributed by atoms with Crippen LogP contribution in [-0.2, 0) is 0 Å². The molecule has 1 aromatic carbocycles. The first kappa shape index (κ1) is 12.0. The van der Waals surface area contributed by atoms with E-state index in [1.54, 1.807) is 6.07 Å². The van der Waals surface area contributed by atoms with Crippen molar-refractivity contribution >= 4 is 22.8 Å². The van der Waals surface area contributed by atoms with Crippen molar-refractivity contribution in [2.75, 3.05) is 5.32 Å². The lowest BCUT2D eigenvalue weighted by Gasteiger charge is -2.21. The number of oxazole rings is 1. The topological polar surface area (TPSA) is 81.2 Å². The highest BCUT2D eigenvalue weighted by Crippen LogP contribution is 2.26. The molecule has 1 aliphatic rings. The molecular weight excluding hydrogens is 246 g/mol. The van der Waals surface area contributed by atoms with E-state index >= 15 is 0 Å². The van der Waals surface area contributed by atoms with Crippen LogP contribution in [0.4, 0.5) is 11.7 Å². The summed E-state index contributed by atoms with van der Waals surface area (Å²) in [7, 11) is 0. The van der Waals surface area contributed by atoms with Crippen molar-refractivity contribution < 1.29 is 9.34 Å². The molecule has 0 atom stereocenters. The van der Waals surface area contributed by atoms with Crippen LogP contribution < -0.4 is 5.32 Å². The number of nitrogens with one attached hydrogen (secondary N) is 1. The van der Waals surface area contributed by atoms with E-state index in [-0.39, 0.29) is 5.69 Å². The largest absolute Gasteiger partial charge is 0.424 e. The summed E-state index contributed by atoms with van der Waals surface area (Å²) in [5.74, 6) is 0. The zero-order valence-electron chi connectivity index (χ0n) is 10.5. The Bertz CT molecular complexity index is 602. The minimum atomic E-state index is -0.428. The first-order chi connectivity index (χ1) is 9.22. The molecule has 1 heterocycles. The Kier molecular flexibility index (Phi) is 3.06. The van der Waals surface area contributed by atoms with Crippen LogP contribution in [0.5, 0.6) is 0 Å². The lowest BCUT2D eigenvalue weighted by molar-refractivity contribution is -0.384. The molecule has 0 saturated heterocycles. The summed E-state index contributed by atoms with van der Waals surface area (Å²) in [6.07, 6.45) is 5.99. The van der Waals surface area contributed by atoms with Crippen LogP contribution >= 0.6 is 0 Å². The molecular formula is C13H15N3O3.